The van der Waals surface area contributed by atoms with Crippen molar-refractivity contribution in [2.24, 2.45) is 0 Å². The normalized spacial score (nSPS) is 10.2. The molecule has 0 fully saturated rings. The molecular formula is C20H23FN2O3. The Kier molecular flexibility index (Phi) is 7.61. The fourth-order valence-corrected chi connectivity index (χ4v) is 2.41. The van der Waals surface area contributed by atoms with Crippen LogP contribution < -0.4 is 15.4 Å². The third kappa shape index (κ3) is 5.88. The summed E-state index contributed by atoms with van der Waals surface area (Å²) in [6.07, 6.45) is 0.744. The molecule has 0 heterocycles. The van der Waals surface area contributed by atoms with Crippen LogP contribution in [0.25, 0.3) is 0 Å². The molecule has 0 spiro atoms. The first kappa shape index (κ1) is 19.4. The van der Waals surface area contributed by atoms with Gasteiger partial charge in [-0.25, -0.2) is 4.39 Å². The zero-order chi connectivity index (χ0) is 18.8. The second kappa shape index (κ2) is 10.2. The molecule has 0 radical (unpaired) electrons. The Morgan fingerprint density at radius 2 is 1.77 bits per heavy atom. The van der Waals surface area contributed by atoms with Crippen LogP contribution >= 0.6 is 0 Å². The van der Waals surface area contributed by atoms with Gasteiger partial charge >= 0.3 is 0 Å². The molecule has 0 saturated carbocycles. The minimum absolute atomic E-state index is 0.152. The number of carbonyl (C=O) groups excluding carboxylic acids is 2. The van der Waals surface area contributed by atoms with Gasteiger partial charge in [0.25, 0.3) is 5.91 Å². The Bertz CT molecular complexity index is 749. The largest absolute Gasteiger partial charge is 0.493 e. The fraction of sp³-hybridized carbons (Fsp3) is 0.300. The maximum atomic E-state index is 13.5. The minimum Gasteiger partial charge on any atom is -0.493 e. The van der Waals surface area contributed by atoms with Crippen molar-refractivity contribution in [1.82, 2.24) is 10.6 Å². The predicted molar refractivity (Wildman–Crippen MR) is 97.4 cm³/mol. The lowest BCUT2D eigenvalue weighted by Crippen LogP contribution is -2.27. The van der Waals surface area contributed by atoms with Gasteiger partial charge in [-0.2, -0.15) is 0 Å². The molecule has 0 aliphatic heterocycles. The molecule has 0 saturated heterocycles. The van der Waals surface area contributed by atoms with Crippen molar-refractivity contribution >= 4 is 11.8 Å². The van der Waals surface area contributed by atoms with Crippen LogP contribution in [-0.2, 0) is 11.3 Å². The Morgan fingerprint density at radius 1 is 1.04 bits per heavy atom. The lowest BCUT2D eigenvalue weighted by atomic mass is 10.2. The molecule has 0 bridgehead atoms. The molecule has 138 valence electrons. The van der Waals surface area contributed by atoms with E-state index in [-0.39, 0.29) is 30.6 Å². The van der Waals surface area contributed by atoms with Gasteiger partial charge in [0.15, 0.2) is 0 Å². The maximum Gasteiger partial charge on any atom is 0.255 e. The van der Waals surface area contributed by atoms with E-state index in [0.29, 0.717) is 36.4 Å². The lowest BCUT2D eigenvalue weighted by molar-refractivity contribution is -0.121. The average Bonchev–Trinajstić information content (AvgIpc) is 2.65. The van der Waals surface area contributed by atoms with Gasteiger partial charge in [-0.05, 0) is 31.5 Å². The number of hydrogen-bond donors (Lipinski definition) is 2. The van der Waals surface area contributed by atoms with Crippen molar-refractivity contribution in [3.63, 3.8) is 0 Å². The van der Waals surface area contributed by atoms with E-state index in [1.165, 1.54) is 6.07 Å². The number of hydrogen-bond acceptors (Lipinski definition) is 3. The maximum absolute atomic E-state index is 13.5. The fourth-order valence-electron chi connectivity index (χ4n) is 2.41. The van der Waals surface area contributed by atoms with Crippen LogP contribution in [0.2, 0.25) is 0 Å². The summed E-state index contributed by atoms with van der Waals surface area (Å²) in [7, 11) is 0. The first-order chi connectivity index (χ1) is 12.6. The lowest BCUT2D eigenvalue weighted by Gasteiger charge is -2.10. The predicted octanol–water partition coefficient (Wildman–Crippen LogP) is 3.05. The molecule has 0 atom stereocenters. The van der Waals surface area contributed by atoms with E-state index < -0.39 is 0 Å². The molecule has 2 N–H and O–H groups in total. The molecule has 2 rings (SSSR count). The Labute approximate surface area is 152 Å². The highest BCUT2D eigenvalue weighted by molar-refractivity contribution is 5.96. The third-order valence-corrected chi connectivity index (χ3v) is 3.73. The van der Waals surface area contributed by atoms with E-state index >= 15 is 0 Å². The minimum atomic E-state index is -0.340. The molecule has 2 amide bonds. The van der Waals surface area contributed by atoms with Crippen LogP contribution in [0.3, 0.4) is 0 Å². The van der Waals surface area contributed by atoms with Crippen LogP contribution in [0.5, 0.6) is 5.75 Å². The van der Waals surface area contributed by atoms with E-state index in [4.69, 9.17) is 4.74 Å². The monoisotopic (exact) mass is 358 g/mol. The van der Waals surface area contributed by atoms with Gasteiger partial charge in [0.2, 0.25) is 5.91 Å². The quantitative estimate of drug-likeness (QED) is 0.677. The van der Waals surface area contributed by atoms with Crippen molar-refractivity contribution in [2.75, 3.05) is 13.2 Å². The Hall–Kier alpha value is -2.89. The standard InChI is InChI=1S/C20H23FN2O3/c1-2-26-18-11-6-4-9-16(18)20(25)22-13-7-12-19(24)23-14-15-8-3-5-10-17(15)21/h3-6,8-11H,2,7,12-14H2,1H3,(H,22,25)(H,23,24). The van der Waals surface area contributed by atoms with E-state index in [9.17, 15) is 14.0 Å². The van der Waals surface area contributed by atoms with Gasteiger partial charge in [0, 0.05) is 25.1 Å². The third-order valence-electron chi connectivity index (χ3n) is 3.73. The first-order valence-electron chi connectivity index (χ1n) is 8.62. The number of benzene rings is 2. The van der Waals surface area contributed by atoms with Crippen LogP contribution in [0.4, 0.5) is 4.39 Å². The van der Waals surface area contributed by atoms with Crippen LogP contribution in [-0.4, -0.2) is 25.0 Å². The topological polar surface area (TPSA) is 67.4 Å². The molecule has 5 nitrogen and oxygen atoms in total. The highest BCUT2D eigenvalue weighted by Crippen LogP contribution is 2.17. The van der Waals surface area contributed by atoms with Gasteiger partial charge in [-0.15, -0.1) is 0 Å². The molecule has 2 aromatic carbocycles. The summed E-state index contributed by atoms with van der Waals surface area (Å²) in [6.45, 7) is 2.85. The molecule has 0 unspecified atom stereocenters. The Morgan fingerprint density at radius 3 is 2.54 bits per heavy atom. The van der Waals surface area contributed by atoms with Gasteiger partial charge < -0.3 is 15.4 Å². The zero-order valence-corrected chi connectivity index (χ0v) is 14.8. The van der Waals surface area contributed by atoms with Crippen LogP contribution in [0.15, 0.2) is 48.5 Å². The van der Waals surface area contributed by atoms with Gasteiger partial charge in [0.1, 0.15) is 11.6 Å². The summed E-state index contributed by atoms with van der Waals surface area (Å²) in [5, 5.41) is 5.45. The summed E-state index contributed by atoms with van der Waals surface area (Å²) in [6, 6.07) is 13.3. The summed E-state index contributed by atoms with van der Waals surface area (Å²) < 4.78 is 18.9. The van der Waals surface area contributed by atoms with Gasteiger partial charge in [0.05, 0.1) is 12.2 Å². The number of halogens is 1. The summed E-state index contributed by atoms with van der Waals surface area (Å²) >= 11 is 0. The van der Waals surface area contributed by atoms with Crippen LogP contribution in [0, 0.1) is 5.82 Å². The number of rotatable bonds is 9. The molecule has 0 aliphatic carbocycles. The van der Waals surface area contributed by atoms with E-state index in [0.717, 1.165) is 0 Å². The molecule has 26 heavy (non-hydrogen) atoms. The van der Waals surface area contributed by atoms with Crippen molar-refractivity contribution in [3.05, 3.63) is 65.5 Å². The smallest absolute Gasteiger partial charge is 0.255 e. The number of nitrogens with one attached hydrogen (secondary N) is 2. The van der Waals surface area contributed by atoms with E-state index in [1.807, 2.05) is 13.0 Å². The highest BCUT2D eigenvalue weighted by atomic mass is 19.1. The van der Waals surface area contributed by atoms with Crippen molar-refractivity contribution in [3.8, 4) is 5.75 Å². The number of ether oxygens (including phenoxy) is 1. The SMILES string of the molecule is CCOc1ccccc1C(=O)NCCCC(=O)NCc1ccccc1F. The van der Waals surface area contributed by atoms with Crippen molar-refractivity contribution in [1.29, 1.82) is 0 Å². The highest BCUT2D eigenvalue weighted by Gasteiger charge is 2.11. The number of carbonyl (C=O) groups is 2. The zero-order valence-electron chi connectivity index (χ0n) is 14.8. The Balaban J connectivity index is 1.70. The van der Waals surface area contributed by atoms with Gasteiger partial charge in [-0.1, -0.05) is 30.3 Å². The van der Waals surface area contributed by atoms with Crippen LogP contribution in [0.1, 0.15) is 35.7 Å². The second-order valence-electron chi connectivity index (χ2n) is 5.66. The molecule has 0 aromatic heterocycles. The molecular weight excluding hydrogens is 335 g/mol. The molecule has 6 heteroatoms. The molecule has 0 aliphatic rings. The van der Waals surface area contributed by atoms with E-state index in [2.05, 4.69) is 10.6 Å². The average molecular weight is 358 g/mol. The summed E-state index contributed by atoms with van der Waals surface area (Å²) in [4.78, 5) is 24.0. The number of amides is 2. The number of para-hydroxylation sites is 1. The summed E-state index contributed by atoms with van der Waals surface area (Å²) in [5.41, 5.74) is 0.917. The van der Waals surface area contributed by atoms with E-state index in [1.54, 1.807) is 36.4 Å². The first-order valence-corrected chi connectivity index (χ1v) is 8.62. The van der Waals surface area contributed by atoms with Gasteiger partial charge in [-0.3, -0.25) is 9.59 Å². The van der Waals surface area contributed by atoms with Crippen molar-refractivity contribution in [2.45, 2.75) is 26.3 Å². The summed E-state index contributed by atoms with van der Waals surface area (Å²) in [5.74, 6) is -0.221. The van der Waals surface area contributed by atoms with Crippen molar-refractivity contribution < 1.29 is 18.7 Å². The molecule has 2 aromatic rings. The second-order valence-corrected chi connectivity index (χ2v) is 5.66.